The van der Waals surface area contributed by atoms with Crippen molar-refractivity contribution < 1.29 is 9.59 Å². The third kappa shape index (κ3) is 2.97. The minimum absolute atomic E-state index is 0.114. The maximum Gasteiger partial charge on any atom is 0.266 e. The highest BCUT2D eigenvalue weighted by atomic mass is 32.1. The number of nitrogens with two attached hydrogens (primary N) is 2. The molecule has 0 saturated carbocycles. The first kappa shape index (κ1) is 14.1. The lowest BCUT2D eigenvalue weighted by Crippen LogP contribution is -2.26. The molecule has 0 bridgehead atoms. The molecule has 5 nitrogen and oxygen atoms in total. The van der Waals surface area contributed by atoms with Gasteiger partial charge in [0, 0.05) is 19.2 Å². The molecule has 1 heterocycles. The summed E-state index contributed by atoms with van der Waals surface area (Å²) in [5.41, 5.74) is 12.8. The van der Waals surface area contributed by atoms with E-state index in [1.54, 1.807) is 47.7 Å². The van der Waals surface area contributed by atoms with Gasteiger partial charge in [-0.25, -0.2) is 0 Å². The van der Waals surface area contributed by atoms with Crippen LogP contribution in [0.3, 0.4) is 0 Å². The zero-order chi connectivity index (χ0) is 14.7. The Balaban J connectivity index is 2.08. The third-order valence-electron chi connectivity index (χ3n) is 2.89. The van der Waals surface area contributed by atoms with Gasteiger partial charge in [0.2, 0.25) is 5.91 Å². The number of benzene rings is 1. The molecule has 0 unspecified atom stereocenters. The number of primary amides is 1. The molecular weight excluding hydrogens is 274 g/mol. The predicted octanol–water partition coefficient (Wildman–Crippen LogP) is 1.70. The molecule has 0 spiro atoms. The fourth-order valence-electron chi connectivity index (χ4n) is 1.79. The molecule has 104 valence electrons. The van der Waals surface area contributed by atoms with E-state index in [0.29, 0.717) is 22.7 Å². The van der Waals surface area contributed by atoms with Crippen molar-refractivity contribution in [2.24, 2.45) is 5.73 Å². The van der Waals surface area contributed by atoms with Crippen molar-refractivity contribution >= 4 is 28.8 Å². The molecule has 2 amide bonds. The molecule has 2 aromatic rings. The first-order valence-electron chi connectivity index (χ1n) is 5.96. The van der Waals surface area contributed by atoms with Crippen molar-refractivity contribution in [2.75, 3.05) is 12.8 Å². The van der Waals surface area contributed by atoms with Crippen LogP contribution >= 0.6 is 11.3 Å². The van der Waals surface area contributed by atoms with E-state index in [9.17, 15) is 9.59 Å². The molecule has 0 radical (unpaired) electrons. The molecule has 1 aromatic heterocycles. The van der Waals surface area contributed by atoms with Crippen molar-refractivity contribution in [3.63, 3.8) is 0 Å². The van der Waals surface area contributed by atoms with Gasteiger partial charge in [-0.1, -0.05) is 12.1 Å². The zero-order valence-corrected chi connectivity index (χ0v) is 11.8. The summed E-state index contributed by atoms with van der Waals surface area (Å²) >= 11 is 1.33. The van der Waals surface area contributed by atoms with Crippen molar-refractivity contribution in [3.05, 3.63) is 51.7 Å². The predicted molar refractivity (Wildman–Crippen MR) is 79.5 cm³/mol. The van der Waals surface area contributed by atoms with E-state index in [2.05, 4.69) is 0 Å². The van der Waals surface area contributed by atoms with Crippen LogP contribution in [0.4, 0.5) is 5.69 Å². The quantitative estimate of drug-likeness (QED) is 0.897. The van der Waals surface area contributed by atoms with Gasteiger partial charge in [0.15, 0.2) is 0 Å². The van der Waals surface area contributed by atoms with Gasteiger partial charge in [0.1, 0.15) is 4.88 Å². The number of hydrogen-bond acceptors (Lipinski definition) is 4. The summed E-state index contributed by atoms with van der Waals surface area (Å²) in [7, 11) is 1.71. The van der Waals surface area contributed by atoms with Crippen LogP contribution in [0.5, 0.6) is 0 Å². The average Bonchev–Trinajstić information content (AvgIpc) is 2.84. The second-order valence-electron chi connectivity index (χ2n) is 4.43. The molecule has 0 atom stereocenters. The molecule has 0 aliphatic heterocycles. The molecule has 0 aliphatic rings. The number of nitrogen functional groups attached to an aromatic ring is 1. The van der Waals surface area contributed by atoms with Gasteiger partial charge in [0.25, 0.3) is 5.91 Å². The van der Waals surface area contributed by atoms with Gasteiger partial charge in [-0.05, 0) is 29.1 Å². The number of nitrogens with zero attached hydrogens (tertiary/aromatic N) is 1. The van der Waals surface area contributed by atoms with E-state index in [1.807, 2.05) is 0 Å². The van der Waals surface area contributed by atoms with Crippen LogP contribution in [0.2, 0.25) is 0 Å². The minimum Gasteiger partial charge on any atom is -0.397 e. The Hall–Kier alpha value is -2.34. The second-order valence-corrected chi connectivity index (χ2v) is 5.34. The number of thiophene rings is 1. The Morgan fingerprint density at radius 2 is 1.85 bits per heavy atom. The number of carbonyl (C=O) groups is 2. The van der Waals surface area contributed by atoms with Gasteiger partial charge in [-0.15, -0.1) is 11.3 Å². The highest BCUT2D eigenvalue weighted by molar-refractivity contribution is 7.12. The van der Waals surface area contributed by atoms with Crippen LogP contribution in [0.1, 0.15) is 25.6 Å². The van der Waals surface area contributed by atoms with Crippen molar-refractivity contribution in [1.82, 2.24) is 4.90 Å². The summed E-state index contributed by atoms with van der Waals surface area (Å²) in [6, 6.07) is 8.57. The number of hydrogen-bond donors (Lipinski definition) is 2. The highest BCUT2D eigenvalue weighted by Gasteiger charge is 2.16. The first-order valence-corrected chi connectivity index (χ1v) is 6.84. The van der Waals surface area contributed by atoms with Gasteiger partial charge < -0.3 is 16.4 Å². The topological polar surface area (TPSA) is 89.4 Å². The van der Waals surface area contributed by atoms with Crippen LogP contribution in [-0.4, -0.2) is 23.8 Å². The summed E-state index contributed by atoms with van der Waals surface area (Å²) in [5.74, 6) is -0.580. The van der Waals surface area contributed by atoms with Gasteiger partial charge >= 0.3 is 0 Å². The monoisotopic (exact) mass is 289 g/mol. The Kier molecular flexibility index (Phi) is 4.05. The Morgan fingerprint density at radius 1 is 1.20 bits per heavy atom. The molecule has 2 rings (SSSR count). The molecule has 6 heteroatoms. The van der Waals surface area contributed by atoms with Crippen molar-refractivity contribution in [1.29, 1.82) is 0 Å². The minimum atomic E-state index is -0.465. The zero-order valence-electron chi connectivity index (χ0n) is 11.0. The molecule has 20 heavy (non-hydrogen) atoms. The van der Waals surface area contributed by atoms with E-state index in [1.165, 1.54) is 11.3 Å². The summed E-state index contributed by atoms with van der Waals surface area (Å²) in [6.45, 7) is 0.440. The maximum absolute atomic E-state index is 12.2. The summed E-state index contributed by atoms with van der Waals surface area (Å²) in [6.07, 6.45) is 0. The van der Waals surface area contributed by atoms with E-state index >= 15 is 0 Å². The van der Waals surface area contributed by atoms with Gasteiger partial charge in [-0.3, -0.25) is 9.59 Å². The Bertz CT molecular complexity index is 634. The molecule has 1 aromatic carbocycles. The number of anilines is 1. The third-order valence-corrected chi connectivity index (χ3v) is 3.81. The fourth-order valence-corrected chi connectivity index (χ4v) is 2.60. The van der Waals surface area contributed by atoms with E-state index in [-0.39, 0.29) is 5.91 Å². The van der Waals surface area contributed by atoms with Crippen LogP contribution < -0.4 is 11.5 Å². The Morgan fingerprint density at radius 3 is 2.35 bits per heavy atom. The molecule has 4 N–H and O–H groups in total. The van der Waals surface area contributed by atoms with Crippen LogP contribution in [0.15, 0.2) is 35.7 Å². The lowest BCUT2D eigenvalue weighted by Gasteiger charge is -2.17. The summed E-state index contributed by atoms with van der Waals surface area (Å²) < 4.78 is 0. The normalized spacial score (nSPS) is 10.2. The lowest BCUT2D eigenvalue weighted by molar-refractivity contribution is 0.0790. The standard InChI is InChI=1S/C14H15N3O2S/c1-17(14(19)12-11(15)6-7-20-12)8-9-2-4-10(5-3-9)13(16)18/h2-7H,8,15H2,1H3,(H2,16,18). The number of carbonyl (C=O) groups excluding carboxylic acids is 2. The van der Waals surface area contributed by atoms with E-state index in [0.717, 1.165) is 5.56 Å². The van der Waals surface area contributed by atoms with Crippen LogP contribution in [-0.2, 0) is 6.54 Å². The number of rotatable bonds is 4. The SMILES string of the molecule is CN(Cc1ccc(C(N)=O)cc1)C(=O)c1sccc1N. The van der Waals surface area contributed by atoms with Crippen LogP contribution in [0.25, 0.3) is 0 Å². The van der Waals surface area contributed by atoms with Crippen LogP contribution in [0, 0.1) is 0 Å². The van der Waals surface area contributed by atoms with Crippen molar-refractivity contribution in [3.8, 4) is 0 Å². The smallest absolute Gasteiger partial charge is 0.266 e. The molecule has 0 saturated heterocycles. The van der Waals surface area contributed by atoms with Gasteiger partial charge in [0.05, 0.1) is 5.69 Å². The van der Waals surface area contributed by atoms with E-state index in [4.69, 9.17) is 11.5 Å². The lowest BCUT2D eigenvalue weighted by atomic mass is 10.1. The summed E-state index contributed by atoms with van der Waals surface area (Å²) in [4.78, 5) is 25.3. The average molecular weight is 289 g/mol. The maximum atomic E-state index is 12.2. The van der Waals surface area contributed by atoms with E-state index < -0.39 is 5.91 Å². The molecule has 0 fully saturated rings. The van der Waals surface area contributed by atoms with Gasteiger partial charge in [-0.2, -0.15) is 0 Å². The van der Waals surface area contributed by atoms with Crippen molar-refractivity contribution in [2.45, 2.75) is 6.54 Å². The first-order chi connectivity index (χ1) is 9.49. The molecular formula is C14H15N3O2S. The molecule has 0 aliphatic carbocycles. The number of amides is 2. The second kappa shape index (κ2) is 5.75. The Labute approximate surface area is 120 Å². The fraction of sp³-hybridized carbons (Fsp3) is 0.143. The largest absolute Gasteiger partial charge is 0.397 e. The summed E-state index contributed by atoms with van der Waals surface area (Å²) in [5, 5.41) is 1.79. The highest BCUT2D eigenvalue weighted by Crippen LogP contribution is 2.21.